The molecule has 1 heterocycles. The fourth-order valence-electron chi connectivity index (χ4n) is 6.77. The Kier molecular flexibility index (Phi) is 9.50. The predicted molar refractivity (Wildman–Crippen MR) is 162 cm³/mol. The molecule has 0 aromatic heterocycles. The van der Waals surface area contributed by atoms with E-state index in [0.29, 0.717) is 13.0 Å². The minimum Gasteiger partial charge on any atom is -0.481 e. The van der Waals surface area contributed by atoms with Crippen LogP contribution in [0.25, 0.3) is 11.1 Å². The van der Waals surface area contributed by atoms with Crippen LogP contribution in [0.4, 0.5) is 0 Å². The summed E-state index contributed by atoms with van der Waals surface area (Å²) in [6, 6.07) is 28.9. The van der Waals surface area contributed by atoms with Crippen LogP contribution in [0.3, 0.4) is 0 Å². The molecular formula is C36H40O5. The number of carboxylic acid groups (broad SMARTS) is 1. The lowest BCUT2D eigenvalue weighted by Crippen LogP contribution is -2.39. The molecule has 5 heteroatoms. The van der Waals surface area contributed by atoms with Crippen LogP contribution < -0.4 is 0 Å². The van der Waals surface area contributed by atoms with Crippen molar-refractivity contribution in [2.45, 2.75) is 55.6 Å². The number of allylic oxidation sites excluding steroid dienone is 2. The van der Waals surface area contributed by atoms with Gasteiger partial charge in [0.15, 0.2) is 0 Å². The van der Waals surface area contributed by atoms with Gasteiger partial charge in [-0.2, -0.15) is 0 Å². The Labute approximate surface area is 242 Å². The fraction of sp³-hybridized carbons (Fsp3) is 0.361. The molecule has 1 aliphatic heterocycles. The number of unbranched alkanes of at least 4 members (excludes halogenated alkanes) is 1. The number of carboxylic acids is 1. The highest BCUT2D eigenvalue weighted by Crippen LogP contribution is 2.57. The lowest BCUT2D eigenvalue weighted by molar-refractivity contribution is -0.137. The first-order valence-electron chi connectivity index (χ1n) is 14.7. The number of aliphatic hydroxyl groups excluding tert-OH is 2. The van der Waals surface area contributed by atoms with Crippen LogP contribution in [-0.2, 0) is 14.9 Å². The number of aliphatic carboxylic acids is 1. The zero-order valence-corrected chi connectivity index (χ0v) is 23.4. The Balaban J connectivity index is 1.38. The van der Waals surface area contributed by atoms with Gasteiger partial charge in [0.05, 0.1) is 25.4 Å². The zero-order chi connectivity index (χ0) is 28.7. The third-order valence-corrected chi connectivity index (χ3v) is 8.98. The average Bonchev–Trinajstić information content (AvgIpc) is 3.57. The van der Waals surface area contributed by atoms with E-state index in [1.165, 1.54) is 16.7 Å². The second-order valence-electron chi connectivity index (χ2n) is 11.4. The lowest BCUT2D eigenvalue weighted by Gasteiger charge is -2.38. The first-order valence-corrected chi connectivity index (χ1v) is 14.7. The molecule has 5 nitrogen and oxygen atoms in total. The van der Waals surface area contributed by atoms with Gasteiger partial charge in [0.1, 0.15) is 0 Å². The van der Waals surface area contributed by atoms with Crippen LogP contribution in [-0.4, -0.2) is 46.7 Å². The van der Waals surface area contributed by atoms with Crippen LogP contribution in [0, 0.1) is 11.8 Å². The number of hydrogen-bond donors (Lipinski definition) is 3. The Morgan fingerprint density at radius 2 is 1.63 bits per heavy atom. The minimum absolute atomic E-state index is 0.0574. The number of hydrogen-bond acceptors (Lipinski definition) is 4. The van der Waals surface area contributed by atoms with Crippen molar-refractivity contribution >= 4 is 5.97 Å². The van der Waals surface area contributed by atoms with Crippen molar-refractivity contribution in [1.29, 1.82) is 0 Å². The molecule has 1 unspecified atom stereocenters. The van der Waals surface area contributed by atoms with E-state index in [9.17, 15) is 15.0 Å². The first kappa shape index (κ1) is 29.0. The summed E-state index contributed by atoms with van der Waals surface area (Å²) in [5.74, 6) is -0.765. The van der Waals surface area contributed by atoms with Crippen LogP contribution in [0.5, 0.6) is 0 Å². The van der Waals surface area contributed by atoms with E-state index in [1.54, 1.807) is 0 Å². The topological polar surface area (TPSA) is 87.0 Å². The Morgan fingerprint density at radius 3 is 2.32 bits per heavy atom. The number of carbonyl (C=O) groups is 1. The van der Waals surface area contributed by atoms with Gasteiger partial charge in [-0.15, -0.1) is 0 Å². The van der Waals surface area contributed by atoms with Gasteiger partial charge in [-0.25, -0.2) is 0 Å². The van der Waals surface area contributed by atoms with Crippen LogP contribution >= 0.6 is 0 Å². The number of ether oxygens (including phenoxy) is 1. The second kappa shape index (κ2) is 13.4. The van der Waals surface area contributed by atoms with Crippen molar-refractivity contribution in [3.05, 3.63) is 120 Å². The summed E-state index contributed by atoms with van der Waals surface area (Å²) in [5.41, 5.74) is 4.42. The standard InChI is InChI=1S/C36H40O5/c37-24-31(28-13-7-4-8-14-28)33(38)22-21-30-32(15-9-1-2-10-16-35(39)40)36(23-34(30)41-25-36)29-19-17-27(18-20-29)26-11-5-3-6-12-26/h1,3-9,11-14,17-22,30-34,37-38H,2,10,15-16,23-25H2,(H,39,40)/b9-1-,22-21+/t30-,31?,32-,33+,34-,36-/m0/s1. The number of fused-ring (bicyclic) bond motifs is 2. The summed E-state index contributed by atoms with van der Waals surface area (Å²) in [6.07, 6.45) is 10.8. The van der Waals surface area contributed by atoms with Crippen molar-refractivity contribution in [3.8, 4) is 11.1 Å². The van der Waals surface area contributed by atoms with Crippen molar-refractivity contribution in [2.75, 3.05) is 13.2 Å². The van der Waals surface area contributed by atoms with E-state index in [4.69, 9.17) is 9.84 Å². The van der Waals surface area contributed by atoms with Gasteiger partial charge in [-0.05, 0) is 53.9 Å². The molecule has 3 aromatic carbocycles. The molecule has 3 N–H and O–H groups in total. The molecule has 5 rings (SSSR count). The predicted octanol–water partition coefficient (Wildman–Crippen LogP) is 6.52. The van der Waals surface area contributed by atoms with Gasteiger partial charge < -0.3 is 20.1 Å². The monoisotopic (exact) mass is 552 g/mol. The number of benzene rings is 3. The molecule has 2 bridgehead atoms. The third kappa shape index (κ3) is 6.54. The second-order valence-corrected chi connectivity index (χ2v) is 11.4. The van der Waals surface area contributed by atoms with E-state index in [0.717, 1.165) is 24.8 Å². The highest BCUT2D eigenvalue weighted by Gasteiger charge is 2.58. The first-order chi connectivity index (χ1) is 20.0. The summed E-state index contributed by atoms with van der Waals surface area (Å²) >= 11 is 0. The Morgan fingerprint density at radius 1 is 0.951 bits per heavy atom. The molecule has 2 fully saturated rings. The van der Waals surface area contributed by atoms with Gasteiger partial charge in [0.25, 0.3) is 0 Å². The Hall–Kier alpha value is -3.51. The van der Waals surface area contributed by atoms with Crippen molar-refractivity contribution in [2.24, 2.45) is 11.8 Å². The quantitative estimate of drug-likeness (QED) is 0.166. The summed E-state index contributed by atoms with van der Waals surface area (Å²) in [5, 5.41) is 30.1. The largest absolute Gasteiger partial charge is 0.481 e. The molecule has 0 amide bonds. The maximum atomic E-state index is 11.1. The summed E-state index contributed by atoms with van der Waals surface area (Å²) in [4.78, 5) is 10.9. The molecule has 1 saturated carbocycles. The fourth-order valence-corrected chi connectivity index (χ4v) is 6.77. The molecule has 1 aliphatic carbocycles. The van der Waals surface area contributed by atoms with E-state index in [2.05, 4.69) is 66.8 Å². The third-order valence-electron chi connectivity index (χ3n) is 8.98. The molecule has 0 spiro atoms. The van der Waals surface area contributed by atoms with Gasteiger partial charge >= 0.3 is 5.97 Å². The van der Waals surface area contributed by atoms with Crippen LogP contribution in [0.2, 0.25) is 0 Å². The number of aliphatic hydroxyl groups is 2. The molecule has 0 radical (unpaired) electrons. The minimum atomic E-state index is -0.810. The van der Waals surface area contributed by atoms with E-state index >= 15 is 0 Å². The maximum absolute atomic E-state index is 11.1. The van der Waals surface area contributed by atoms with E-state index < -0.39 is 12.1 Å². The molecule has 6 atom stereocenters. The van der Waals surface area contributed by atoms with Crippen LogP contribution in [0.15, 0.2) is 109 Å². The van der Waals surface area contributed by atoms with Crippen molar-refractivity contribution < 1.29 is 24.9 Å². The normalized spacial score (nSPS) is 25.2. The smallest absolute Gasteiger partial charge is 0.303 e. The van der Waals surface area contributed by atoms with Gasteiger partial charge in [-0.1, -0.05) is 109 Å². The van der Waals surface area contributed by atoms with Crippen LogP contribution in [0.1, 0.15) is 49.1 Å². The lowest BCUT2D eigenvalue weighted by atomic mass is 9.69. The van der Waals surface area contributed by atoms with E-state index in [1.807, 2.05) is 42.5 Å². The van der Waals surface area contributed by atoms with Gasteiger partial charge in [-0.3, -0.25) is 4.79 Å². The highest BCUT2D eigenvalue weighted by molar-refractivity contribution is 5.66. The molecule has 1 saturated heterocycles. The molecule has 214 valence electrons. The zero-order valence-electron chi connectivity index (χ0n) is 23.4. The summed E-state index contributed by atoms with van der Waals surface area (Å²) in [7, 11) is 0. The summed E-state index contributed by atoms with van der Waals surface area (Å²) in [6.45, 7) is 0.524. The Bertz CT molecular complexity index is 1320. The maximum Gasteiger partial charge on any atom is 0.303 e. The highest BCUT2D eigenvalue weighted by atomic mass is 16.5. The molecule has 2 aliphatic rings. The van der Waals surface area contributed by atoms with Crippen molar-refractivity contribution in [1.82, 2.24) is 0 Å². The van der Waals surface area contributed by atoms with Gasteiger partial charge in [0.2, 0.25) is 0 Å². The van der Waals surface area contributed by atoms with Gasteiger partial charge in [0, 0.05) is 23.7 Å². The van der Waals surface area contributed by atoms with Crippen molar-refractivity contribution in [3.63, 3.8) is 0 Å². The van der Waals surface area contributed by atoms with E-state index in [-0.39, 0.29) is 42.3 Å². The number of rotatable bonds is 13. The summed E-state index contributed by atoms with van der Waals surface area (Å²) < 4.78 is 6.37. The SMILES string of the molecule is O=C(O)CCC/C=C\C[C@H]1[C@H](/C=C/[C@@H](O)C(CO)c2ccccc2)[C@@H]2C[C@@]1(c1ccc(-c3ccccc3)cc1)CO2. The average molecular weight is 553 g/mol. The molecular weight excluding hydrogens is 512 g/mol. The molecule has 3 aromatic rings. The molecule has 41 heavy (non-hydrogen) atoms.